The molecule has 116 valence electrons. The number of aromatic nitrogens is 2. The third kappa shape index (κ3) is 5.29. The zero-order chi connectivity index (χ0) is 15.5. The van der Waals surface area contributed by atoms with Gasteiger partial charge in [0.2, 0.25) is 0 Å². The molecule has 0 unspecified atom stereocenters. The minimum atomic E-state index is 0.573. The number of rotatable bonds is 10. The van der Waals surface area contributed by atoms with Gasteiger partial charge in [0.05, 0.1) is 18.9 Å². The molecule has 1 heterocycles. The number of nitrogens with one attached hydrogen (secondary N) is 1. The van der Waals surface area contributed by atoms with Gasteiger partial charge in [0, 0.05) is 20.3 Å². The van der Waals surface area contributed by atoms with E-state index in [9.17, 15) is 5.26 Å². The molecule has 0 aliphatic rings. The van der Waals surface area contributed by atoms with E-state index in [0.717, 1.165) is 30.5 Å². The summed E-state index contributed by atoms with van der Waals surface area (Å²) in [5.74, 6) is 0.573. The van der Waals surface area contributed by atoms with Crippen LogP contribution < -0.4 is 5.32 Å². The van der Waals surface area contributed by atoms with Gasteiger partial charge in [-0.15, -0.1) is 5.10 Å². The second-order valence-corrected chi connectivity index (χ2v) is 4.55. The van der Waals surface area contributed by atoms with Gasteiger partial charge >= 0.3 is 0 Å². The maximum Gasteiger partial charge on any atom is 0.166 e. The second kappa shape index (κ2) is 10.1. The lowest BCUT2D eigenvalue weighted by molar-refractivity contribution is 0.0705. The van der Waals surface area contributed by atoms with Crippen LogP contribution in [0.2, 0.25) is 0 Å². The molecule has 1 aromatic rings. The Morgan fingerprint density at radius 1 is 1.14 bits per heavy atom. The zero-order valence-electron chi connectivity index (χ0n) is 13.1. The Labute approximate surface area is 126 Å². The number of nitriles is 1. The molecular weight excluding hydrogens is 268 g/mol. The van der Waals surface area contributed by atoms with Crippen molar-refractivity contribution in [3.8, 4) is 6.07 Å². The van der Waals surface area contributed by atoms with Gasteiger partial charge in [0.1, 0.15) is 11.6 Å². The van der Waals surface area contributed by atoms with E-state index < -0.39 is 0 Å². The van der Waals surface area contributed by atoms with E-state index in [2.05, 4.69) is 21.6 Å². The Kier molecular flexibility index (Phi) is 8.32. The van der Waals surface area contributed by atoms with Gasteiger partial charge in [-0.25, -0.2) is 0 Å². The summed E-state index contributed by atoms with van der Waals surface area (Å²) >= 11 is 0. The number of hydrogen-bond acceptors (Lipinski definition) is 6. The van der Waals surface area contributed by atoms with Gasteiger partial charge in [-0.05, 0) is 24.8 Å². The first kappa shape index (κ1) is 17.3. The van der Waals surface area contributed by atoms with Crippen LogP contribution in [0.1, 0.15) is 37.1 Å². The summed E-state index contributed by atoms with van der Waals surface area (Å²) < 4.78 is 10.3. The van der Waals surface area contributed by atoms with E-state index in [-0.39, 0.29) is 0 Å². The normalized spacial score (nSPS) is 10.4. The molecule has 0 atom stereocenters. The van der Waals surface area contributed by atoms with Crippen LogP contribution in [0.5, 0.6) is 0 Å². The smallest absolute Gasteiger partial charge is 0.166 e. The highest BCUT2D eigenvalue weighted by molar-refractivity contribution is 5.56. The highest BCUT2D eigenvalue weighted by atomic mass is 16.5. The van der Waals surface area contributed by atoms with Crippen molar-refractivity contribution in [3.05, 3.63) is 16.8 Å². The Hall–Kier alpha value is -1.71. The van der Waals surface area contributed by atoms with Gasteiger partial charge in [0.25, 0.3) is 0 Å². The van der Waals surface area contributed by atoms with Crippen LogP contribution in [-0.2, 0) is 22.3 Å². The Bertz CT molecular complexity index is 471. The van der Waals surface area contributed by atoms with E-state index in [0.29, 0.717) is 37.7 Å². The molecule has 1 aromatic heterocycles. The van der Waals surface area contributed by atoms with Crippen LogP contribution in [0.25, 0.3) is 0 Å². The summed E-state index contributed by atoms with van der Waals surface area (Å²) in [5, 5.41) is 20.9. The van der Waals surface area contributed by atoms with Gasteiger partial charge in [-0.3, -0.25) is 0 Å². The molecule has 0 saturated carbocycles. The lowest BCUT2D eigenvalue weighted by Gasteiger charge is -2.12. The van der Waals surface area contributed by atoms with Crippen LogP contribution >= 0.6 is 0 Å². The molecule has 0 aromatic carbocycles. The molecule has 21 heavy (non-hydrogen) atoms. The van der Waals surface area contributed by atoms with Crippen LogP contribution in [0.4, 0.5) is 5.82 Å². The SMILES string of the molecule is CCc1nnc(NCCCOCCOC)c(C#N)c1CC. The molecule has 6 nitrogen and oxygen atoms in total. The van der Waals surface area contributed by atoms with Gasteiger partial charge in [0.15, 0.2) is 5.82 Å². The molecule has 0 aliphatic carbocycles. The molecular formula is C15H24N4O2. The van der Waals surface area contributed by atoms with Gasteiger partial charge < -0.3 is 14.8 Å². The van der Waals surface area contributed by atoms with Crippen molar-refractivity contribution in [2.24, 2.45) is 0 Å². The minimum Gasteiger partial charge on any atom is -0.382 e. The molecule has 1 rings (SSSR count). The van der Waals surface area contributed by atoms with Crippen molar-refractivity contribution < 1.29 is 9.47 Å². The first-order valence-electron chi connectivity index (χ1n) is 7.37. The summed E-state index contributed by atoms with van der Waals surface area (Å²) in [6.45, 7) is 6.62. The number of aryl methyl sites for hydroxylation is 1. The number of methoxy groups -OCH3 is 1. The highest BCUT2D eigenvalue weighted by Gasteiger charge is 2.13. The third-order valence-corrected chi connectivity index (χ3v) is 3.15. The molecule has 6 heteroatoms. The number of ether oxygens (including phenoxy) is 2. The van der Waals surface area contributed by atoms with Gasteiger partial charge in [-0.2, -0.15) is 10.4 Å². The standard InChI is InChI=1S/C15H24N4O2/c1-4-12-13(11-16)15(19-18-14(12)5-2)17-7-6-8-21-10-9-20-3/h4-10H2,1-3H3,(H,17,19). The molecule has 0 radical (unpaired) electrons. The molecule has 0 amide bonds. The molecule has 0 saturated heterocycles. The van der Waals surface area contributed by atoms with E-state index in [4.69, 9.17) is 9.47 Å². The summed E-state index contributed by atoms with van der Waals surface area (Å²) in [7, 11) is 1.65. The Balaban J connectivity index is 2.54. The number of hydrogen-bond donors (Lipinski definition) is 1. The summed E-state index contributed by atoms with van der Waals surface area (Å²) in [4.78, 5) is 0. The predicted octanol–water partition coefficient (Wildman–Crippen LogP) is 1.94. The molecule has 0 spiro atoms. The quantitative estimate of drug-likeness (QED) is 0.664. The average Bonchev–Trinajstić information content (AvgIpc) is 2.52. The maximum absolute atomic E-state index is 9.35. The third-order valence-electron chi connectivity index (χ3n) is 3.15. The van der Waals surface area contributed by atoms with Crippen molar-refractivity contribution in [1.82, 2.24) is 10.2 Å². The van der Waals surface area contributed by atoms with Crippen molar-refractivity contribution in [1.29, 1.82) is 5.26 Å². The Morgan fingerprint density at radius 2 is 1.95 bits per heavy atom. The fraction of sp³-hybridized carbons (Fsp3) is 0.667. The van der Waals surface area contributed by atoms with E-state index in [1.807, 2.05) is 13.8 Å². The number of anilines is 1. The second-order valence-electron chi connectivity index (χ2n) is 4.55. The molecule has 0 aliphatic heterocycles. The van der Waals surface area contributed by atoms with Gasteiger partial charge in [-0.1, -0.05) is 13.8 Å². The maximum atomic E-state index is 9.35. The van der Waals surface area contributed by atoms with Crippen molar-refractivity contribution in [2.45, 2.75) is 33.1 Å². The zero-order valence-corrected chi connectivity index (χ0v) is 13.1. The largest absolute Gasteiger partial charge is 0.382 e. The van der Waals surface area contributed by atoms with Crippen molar-refractivity contribution in [2.75, 3.05) is 38.8 Å². The summed E-state index contributed by atoms with van der Waals surface area (Å²) in [5.41, 5.74) is 2.51. The molecule has 1 N–H and O–H groups in total. The van der Waals surface area contributed by atoms with Crippen LogP contribution in [0.15, 0.2) is 0 Å². The first-order valence-corrected chi connectivity index (χ1v) is 7.37. The monoisotopic (exact) mass is 292 g/mol. The topological polar surface area (TPSA) is 80.1 Å². The lowest BCUT2D eigenvalue weighted by Crippen LogP contribution is -2.13. The lowest BCUT2D eigenvalue weighted by atomic mass is 10.0. The fourth-order valence-corrected chi connectivity index (χ4v) is 2.04. The highest BCUT2D eigenvalue weighted by Crippen LogP contribution is 2.19. The van der Waals surface area contributed by atoms with E-state index in [1.165, 1.54) is 0 Å². The fourth-order valence-electron chi connectivity index (χ4n) is 2.04. The molecule has 0 bridgehead atoms. The average molecular weight is 292 g/mol. The number of nitrogens with zero attached hydrogens (tertiary/aromatic N) is 3. The summed E-state index contributed by atoms with van der Waals surface area (Å²) in [6, 6.07) is 2.25. The predicted molar refractivity (Wildman–Crippen MR) is 81.3 cm³/mol. The van der Waals surface area contributed by atoms with E-state index in [1.54, 1.807) is 7.11 Å². The van der Waals surface area contributed by atoms with Crippen molar-refractivity contribution in [3.63, 3.8) is 0 Å². The minimum absolute atomic E-state index is 0.573. The first-order chi connectivity index (χ1) is 10.3. The van der Waals surface area contributed by atoms with E-state index >= 15 is 0 Å². The summed E-state index contributed by atoms with van der Waals surface area (Å²) in [6.07, 6.45) is 2.42. The molecule has 0 fully saturated rings. The Morgan fingerprint density at radius 3 is 2.57 bits per heavy atom. The van der Waals surface area contributed by atoms with Crippen LogP contribution in [0.3, 0.4) is 0 Å². The van der Waals surface area contributed by atoms with Crippen LogP contribution in [-0.4, -0.2) is 43.7 Å². The van der Waals surface area contributed by atoms with Crippen molar-refractivity contribution >= 4 is 5.82 Å². The van der Waals surface area contributed by atoms with Crippen LogP contribution in [0, 0.1) is 11.3 Å².